The Bertz CT molecular complexity index is 487. The summed E-state index contributed by atoms with van der Waals surface area (Å²) in [6, 6.07) is 8.56. The first-order valence-corrected chi connectivity index (χ1v) is 8.55. The van der Waals surface area contributed by atoms with Crippen LogP contribution in [0.25, 0.3) is 0 Å². The van der Waals surface area contributed by atoms with Crippen LogP contribution in [0.15, 0.2) is 24.3 Å². The Balaban J connectivity index is 0.00000264. The summed E-state index contributed by atoms with van der Waals surface area (Å²) < 4.78 is 0. The molecule has 0 aliphatic carbocycles. The molecule has 1 saturated heterocycles. The van der Waals surface area contributed by atoms with Gasteiger partial charge in [-0.25, -0.2) is 0 Å². The van der Waals surface area contributed by atoms with Crippen LogP contribution in [0, 0.1) is 0 Å². The first-order chi connectivity index (χ1) is 10.4. The van der Waals surface area contributed by atoms with Crippen molar-refractivity contribution in [2.24, 2.45) is 0 Å². The van der Waals surface area contributed by atoms with Crippen LogP contribution in [-0.4, -0.2) is 36.5 Å². The van der Waals surface area contributed by atoms with Crippen LogP contribution in [0.3, 0.4) is 0 Å². The number of amides is 1. The van der Waals surface area contributed by atoms with Gasteiger partial charge in [-0.1, -0.05) is 39.8 Å². The van der Waals surface area contributed by atoms with Crippen molar-refractivity contribution in [3.63, 3.8) is 0 Å². The number of hydrogen-bond donors (Lipinski definition) is 1. The number of carbonyl (C=O) groups is 1. The smallest absolute Gasteiger partial charge is 0.254 e. The number of carbonyl (C=O) groups excluding carboxylic acids is 1. The van der Waals surface area contributed by atoms with Crippen molar-refractivity contribution in [3.05, 3.63) is 35.4 Å². The lowest BCUT2D eigenvalue weighted by Gasteiger charge is -2.34. The Kier molecular flexibility index (Phi) is 7.56. The van der Waals surface area contributed by atoms with Crippen LogP contribution >= 0.6 is 12.4 Å². The van der Waals surface area contributed by atoms with Gasteiger partial charge in [0.15, 0.2) is 0 Å². The zero-order chi connectivity index (χ0) is 16.2. The first kappa shape index (κ1) is 20.0. The second kappa shape index (κ2) is 8.70. The predicted molar refractivity (Wildman–Crippen MR) is 99.6 cm³/mol. The number of nitrogens with one attached hydrogen (secondary N) is 1. The van der Waals surface area contributed by atoms with E-state index in [9.17, 15) is 4.79 Å². The minimum Gasteiger partial charge on any atom is -0.336 e. The molecule has 0 spiro atoms. The molecule has 1 N–H and O–H groups in total. The van der Waals surface area contributed by atoms with Crippen LogP contribution in [0.4, 0.5) is 0 Å². The molecule has 3 nitrogen and oxygen atoms in total. The number of benzene rings is 1. The molecule has 1 amide bonds. The maximum atomic E-state index is 12.9. The third-order valence-electron chi connectivity index (χ3n) is 4.47. The number of rotatable bonds is 4. The van der Waals surface area contributed by atoms with E-state index < -0.39 is 0 Å². The molecule has 1 heterocycles. The van der Waals surface area contributed by atoms with Crippen LogP contribution in [0.5, 0.6) is 0 Å². The third-order valence-corrected chi connectivity index (χ3v) is 4.47. The van der Waals surface area contributed by atoms with Gasteiger partial charge in [-0.2, -0.15) is 0 Å². The Morgan fingerprint density at radius 1 is 1.17 bits per heavy atom. The van der Waals surface area contributed by atoms with Gasteiger partial charge in [0.05, 0.1) is 0 Å². The molecule has 0 saturated carbocycles. The van der Waals surface area contributed by atoms with Crippen LogP contribution in [-0.2, 0) is 5.41 Å². The molecule has 130 valence electrons. The molecule has 1 aromatic carbocycles. The van der Waals surface area contributed by atoms with Crippen LogP contribution < -0.4 is 5.32 Å². The quantitative estimate of drug-likeness (QED) is 0.899. The molecule has 23 heavy (non-hydrogen) atoms. The first-order valence-electron chi connectivity index (χ1n) is 8.55. The fraction of sp³-hybridized carbons (Fsp3) is 0.632. The summed E-state index contributed by atoms with van der Waals surface area (Å²) in [6.45, 7) is 11.6. The molecular formula is C19H31ClN2O. The van der Waals surface area contributed by atoms with Gasteiger partial charge in [0, 0.05) is 18.2 Å². The van der Waals surface area contributed by atoms with Crippen molar-refractivity contribution in [1.29, 1.82) is 0 Å². The van der Waals surface area contributed by atoms with E-state index in [4.69, 9.17) is 0 Å². The molecule has 0 atom stereocenters. The molecule has 4 heteroatoms. The Morgan fingerprint density at radius 3 is 2.22 bits per heavy atom. The number of halogens is 1. The van der Waals surface area contributed by atoms with E-state index in [-0.39, 0.29) is 23.7 Å². The summed E-state index contributed by atoms with van der Waals surface area (Å²) in [7, 11) is 0. The van der Waals surface area contributed by atoms with Gasteiger partial charge in [0.25, 0.3) is 5.91 Å². The SMILES string of the molecule is CCCN(C(=O)c1ccc(C(C)(C)C)cc1)C1CCNCC1.Cl. The molecule has 1 fully saturated rings. The van der Waals surface area contributed by atoms with Crippen molar-refractivity contribution in [2.45, 2.75) is 58.4 Å². The van der Waals surface area contributed by atoms with E-state index in [1.54, 1.807) is 0 Å². The summed E-state index contributed by atoms with van der Waals surface area (Å²) in [5.41, 5.74) is 2.22. The number of hydrogen-bond acceptors (Lipinski definition) is 2. The standard InChI is InChI=1S/C19H30N2O.ClH/c1-5-14-21(17-10-12-20-13-11-17)18(22)15-6-8-16(9-7-15)19(2,3)4;/h6-9,17,20H,5,10-14H2,1-4H3;1H. The highest BCUT2D eigenvalue weighted by Gasteiger charge is 2.25. The molecule has 1 aliphatic heterocycles. The summed E-state index contributed by atoms with van der Waals surface area (Å²) in [4.78, 5) is 15.0. The van der Waals surface area contributed by atoms with Gasteiger partial charge in [-0.05, 0) is 55.5 Å². The molecule has 2 rings (SSSR count). The maximum absolute atomic E-state index is 12.9. The van der Waals surface area contributed by atoms with Crippen LogP contribution in [0.1, 0.15) is 62.9 Å². The summed E-state index contributed by atoms with van der Waals surface area (Å²) in [6.07, 6.45) is 3.13. The van der Waals surface area contributed by atoms with Crippen molar-refractivity contribution < 1.29 is 4.79 Å². The highest BCUT2D eigenvalue weighted by atomic mass is 35.5. The monoisotopic (exact) mass is 338 g/mol. The van der Waals surface area contributed by atoms with Gasteiger partial charge in [0.1, 0.15) is 0 Å². The Morgan fingerprint density at radius 2 is 1.74 bits per heavy atom. The molecular weight excluding hydrogens is 308 g/mol. The maximum Gasteiger partial charge on any atom is 0.254 e. The summed E-state index contributed by atoms with van der Waals surface area (Å²) >= 11 is 0. The van der Waals surface area contributed by atoms with Crippen molar-refractivity contribution >= 4 is 18.3 Å². The van der Waals surface area contributed by atoms with E-state index in [0.29, 0.717) is 6.04 Å². The normalized spacial score (nSPS) is 15.8. The second-order valence-corrected chi connectivity index (χ2v) is 7.31. The van der Waals surface area contributed by atoms with Gasteiger partial charge in [0.2, 0.25) is 0 Å². The van der Waals surface area contributed by atoms with Crippen molar-refractivity contribution in [1.82, 2.24) is 10.2 Å². The average Bonchev–Trinajstić information content (AvgIpc) is 2.52. The third kappa shape index (κ3) is 5.22. The van der Waals surface area contributed by atoms with E-state index in [2.05, 4.69) is 50.0 Å². The molecule has 0 aromatic heterocycles. The lowest BCUT2D eigenvalue weighted by Crippen LogP contribution is -2.46. The fourth-order valence-corrected chi connectivity index (χ4v) is 3.09. The summed E-state index contributed by atoms with van der Waals surface area (Å²) in [5, 5.41) is 3.38. The van der Waals surface area contributed by atoms with Gasteiger partial charge in [-0.15, -0.1) is 12.4 Å². The van der Waals surface area contributed by atoms with E-state index >= 15 is 0 Å². The molecule has 0 radical (unpaired) electrons. The number of nitrogens with zero attached hydrogens (tertiary/aromatic N) is 1. The average molecular weight is 339 g/mol. The van der Waals surface area contributed by atoms with Gasteiger partial charge in [-0.3, -0.25) is 4.79 Å². The lowest BCUT2D eigenvalue weighted by molar-refractivity contribution is 0.0642. The van der Waals surface area contributed by atoms with E-state index in [0.717, 1.165) is 44.5 Å². The Hall–Kier alpha value is -1.06. The minimum atomic E-state index is 0. The predicted octanol–water partition coefficient (Wildman–Crippen LogP) is 4.01. The molecule has 1 aliphatic rings. The minimum absolute atomic E-state index is 0. The molecule has 0 unspecified atom stereocenters. The largest absolute Gasteiger partial charge is 0.336 e. The van der Waals surface area contributed by atoms with Crippen molar-refractivity contribution in [2.75, 3.05) is 19.6 Å². The van der Waals surface area contributed by atoms with Gasteiger partial charge >= 0.3 is 0 Å². The van der Waals surface area contributed by atoms with E-state index in [1.807, 2.05) is 12.1 Å². The van der Waals surface area contributed by atoms with E-state index in [1.165, 1.54) is 5.56 Å². The molecule has 0 bridgehead atoms. The zero-order valence-corrected chi connectivity index (χ0v) is 15.7. The van der Waals surface area contributed by atoms with Gasteiger partial charge < -0.3 is 10.2 Å². The number of piperidine rings is 1. The Labute approximate surface area is 147 Å². The highest BCUT2D eigenvalue weighted by molar-refractivity contribution is 5.94. The highest BCUT2D eigenvalue weighted by Crippen LogP contribution is 2.23. The summed E-state index contributed by atoms with van der Waals surface area (Å²) in [5.74, 6) is 0.189. The zero-order valence-electron chi connectivity index (χ0n) is 14.9. The topological polar surface area (TPSA) is 32.3 Å². The second-order valence-electron chi connectivity index (χ2n) is 7.31. The molecule has 1 aromatic rings. The van der Waals surface area contributed by atoms with Crippen molar-refractivity contribution in [3.8, 4) is 0 Å². The fourth-order valence-electron chi connectivity index (χ4n) is 3.09. The lowest BCUT2D eigenvalue weighted by atomic mass is 9.86. The van der Waals surface area contributed by atoms with Crippen LogP contribution in [0.2, 0.25) is 0 Å².